The molecule has 2 heterocycles. The minimum absolute atomic E-state index is 0.0948. The number of rotatable bonds is 2. The monoisotopic (exact) mass is 211 g/mol. The molecule has 0 bridgehead atoms. The van der Waals surface area contributed by atoms with Gasteiger partial charge in [0.15, 0.2) is 0 Å². The smallest absolute Gasteiger partial charge is 0.237 e. The van der Waals surface area contributed by atoms with Crippen molar-refractivity contribution in [3.63, 3.8) is 0 Å². The van der Waals surface area contributed by atoms with Gasteiger partial charge in [0.25, 0.3) is 0 Å². The lowest BCUT2D eigenvalue weighted by Crippen LogP contribution is -2.49. The molecule has 0 aromatic rings. The van der Waals surface area contributed by atoms with Gasteiger partial charge < -0.3 is 10.6 Å². The maximum atomic E-state index is 11.8. The summed E-state index contributed by atoms with van der Waals surface area (Å²) in [6.07, 6.45) is 4.46. The molecule has 2 saturated heterocycles. The maximum absolute atomic E-state index is 11.8. The summed E-state index contributed by atoms with van der Waals surface area (Å²) in [5.41, 5.74) is 0. The van der Waals surface area contributed by atoms with Crippen LogP contribution in [0.15, 0.2) is 0 Å². The topological polar surface area (TPSA) is 44.4 Å². The molecule has 0 aliphatic carbocycles. The second kappa shape index (κ2) is 4.94. The highest BCUT2D eigenvalue weighted by molar-refractivity contribution is 5.81. The molecule has 0 aromatic carbocycles. The summed E-state index contributed by atoms with van der Waals surface area (Å²) in [6, 6.07) is 0.635. The summed E-state index contributed by atoms with van der Waals surface area (Å²) >= 11 is 0. The van der Waals surface area contributed by atoms with E-state index in [0.29, 0.717) is 6.04 Å². The molecule has 2 unspecified atom stereocenters. The Hall–Kier alpha value is -0.610. The van der Waals surface area contributed by atoms with Crippen LogP contribution in [0.1, 0.15) is 25.7 Å². The van der Waals surface area contributed by atoms with E-state index < -0.39 is 0 Å². The van der Waals surface area contributed by atoms with Crippen LogP contribution in [-0.4, -0.2) is 49.6 Å². The van der Waals surface area contributed by atoms with Gasteiger partial charge in [0, 0.05) is 19.1 Å². The molecule has 2 N–H and O–H groups in total. The molecule has 2 aliphatic rings. The second-order valence-corrected chi connectivity index (χ2v) is 4.61. The molecule has 86 valence electrons. The summed E-state index contributed by atoms with van der Waals surface area (Å²) in [5, 5.41) is 6.35. The number of nitrogens with zero attached hydrogens (tertiary/aromatic N) is 1. The van der Waals surface area contributed by atoms with Crippen LogP contribution in [-0.2, 0) is 4.79 Å². The summed E-state index contributed by atoms with van der Waals surface area (Å²) in [5.74, 6) is 0.224. The maximum Gasteiger partial charge on any atom is 0.237 e. The third-order valence-corrected chi connectivity index (χ3v) is 3.61. The van der Waals surface area contributed by atoms with Crippen molar-refractivity contribution in [2.24, 2.45) is 0 Å². The van der Waals surface area contributed by atoms with E-state index in [1.165, 1.54) is 6.42 Å². The first-order valence-corrected chi connectivity index (χ1v) is 5.99. The summed E-state index contributed by atoms with van der Waals surface area (Å²) in [4.78, 5) is 14.1. The molecule has 0 aromatic heterocycles. The first kappa shape index (κ1) is 10.9. The quantitative estimate of drug-likeness (QED) is 0.673. The van der Waals surface area contributed by atoms with Gasteiger partial charge in [-0.15, -0.1) is 0 Å². The van der Waals surface area contributed by atoms with Crippen molar-refractivity contribution >= 4 is 5.91 Å². The third kappa shape index (κ3) is 2.49. The van der Waals surface area contributed by atoms with Crippen LogP contribution in [0.5, 0.6) is 0 Å². The van der Waals surface area contributed by atoms with Crippen molar-refractivity contribution in [3.8, 4) is 0 Å². The van der Waals surface area contributed by atoms with Crippen LogP contribution in [0, 0.1) is 0 Å². The lowest BCUT2D eigenvalue weighted by Gasteiger charge is -2.30. The molecule has 1 amide bonds. The fourth-order valence-corrected chi connectivity index (χ4v) is 2.55. The van der Waals surface area contributed by atoms with Gasteiger partial charge in [-0.05, 0) is 39.3 Å². The van der Waals surface area contributed by atoms with Gasteiger partial charge in [0.05, 0.1) is 6.04 Å². The number of carbonyl (C=O) groups is 1. The highest BCUT2D eigenvalue weighted by atomic mass is 16.2. The minimum Gasteiger partial charge on any atom is -0.355 e. The molecule has 0 radical (unpaired) electrons. The minimum atomic E-state index is 0.0948. The Bertz CT molecular complexity index is 226. The Morgan fingerprint density at radius 3 is 2.87 bits per heavy atom. The summed E-state index contributed by atoms with van der Waals surface area (Å²) in [6.45, 7) is 2.97. The zero-order valence-corrected chi connectivity index (χ0v) is 9.46. The van der Waals surface area contributed by atoms with Crippen LogP contribution in [0.3, 0.4) is 0 Å². The Kier molecular flexibility index (Phi) is 3.59. The average Bonchev–Trinajstić information content (AvgIpc) is 2.68. The predicted molar refractivity (Wildman–Crippen MR) is 59.7 cm³/mol. The predicted octanol–water partition coefficient (Wildman–Crippen LogP) is -0.0512. The van der Waals surface area contributed by atoms with Gasteiger partial charge in [-0.2, -0.15) is 0 Å². The number of hydrogen-bond donors (Lipinski definition) is 2. The number of amides is 1. The van der Waals surface area contributed by atoms with E-state index in [1.807, 2.05) is 0 Å². The largest absolute Gasteiger partial charge is 0.355 e. The molecule has 2 atom stereocenters. The molecule has 0 spiro atoms. The Morgan fingerprint density at radius 2 is 2.13 bits per heavy atom. The van der Waals surface area contributed by atoms with E-state index >= 15 is 0 Å². The van der Waals surface area contributed by atoms with Crippen LogP contribution in [0.25, 0.3) is 0 Å². The van der Waals surface area contributed by atoms with Gasteiger partial charge in [0.2, 0.25) is 5.91 Å². The SMILES string of the molecule is CN(C1CCNC1)C1CCCCNC1=O. The number of carbonyl (C=O) groups excluding carboxylic acids is 1. The van der Waals surface area contributed by atoms with E-state index in [0.717, 1.165) is 38.9 Å². The highest BCUT2D eigenvalue weighted by Gasteiger charge is 2.30. The first-order valence-electron chi connectivity index (χ1n) is 5.99. The lowest BCUT2D eigenvalue weighted by molar-refractivity contribution is -0.126. The fraction of sp³-hybridized carbons (Fsp3) is 0.909. The third-order valence-electron chi connectivity index (χ3n) is 3.61. The van der Waals surface area contributed by atoms with E-state index in [2.05, 4.69) is 22.6 Å². The van der Waals surface area contributed by atoms with Gasteiger partial charge in [-0.25, -0.2) is 0 Å². The van der Waals surface area contributed by atoms with Crippen molar-refractivity contribution in [2.45, 2.75) is 37.8 Å². The van der Waals surface area contributed by atoms with Gasteiger partial charge in [0.1, 0.15) is 0 Å². The first-order chi connectivity index (χ1) is 7.29. The van der Waals surface area contributed by atoms with Crippen molar-refractivity contribution in [2.75, 3.05) is 26.7 Å². The standard InChI is InChI=1S/C11H21N3O/c1-14(9-5-7-12-8-9)10-4-2-3-6-13-11(10)15/h9-10,12H,2-8H2,1H3,(H,13,15). The van der Waals surface area contributed by atoms with E-state index in [-0.39, 0.29) is 11.9 Å². The van der Waals surface area contributed by atoms with Gasteiger partial charge in [-0.1, -0.05) is 0 Å². The van der Waals surface area contributed by atoms with Crippen LogP contribution in [0.2, 0.25) is 0 Å². The molecule has 2 fully saturated rings. The normalized spacial score (nSPS) is 32.8. The molecule has 0 saturated carbocycles. The van der Waals surface area contributed by atoms with Crippen LogP contribution < -0.4 is 10.6 Å². The molecular formula is C11H21N3O. The van der Waals surface area contributed by atoms with Gasteiger partial charge >= 0.3 is 0 Å². The zero-order valence-electron chi connectivity index (χ0n) is 9.46. The molecule has 2 rings (SSSR count). The molecule has 4 heteroatoms. The zero-order chi connectivity index (χ0) is 10.7. The van der Waals surface area contributed by atoms with Crippen LogP contribution >= 0.6 is 0 Å². The fourth-order valence-electron chi connectivity index (χ4n) is 2.55. The number of hydrogen-bond acceptors (Lipinski definition) is 3. The Labute approximate surface area is 91.4 Å². The number of nitrogens with one attached hydrogen (secondary N) is 2. The molecule has 2 aliphatic heterocycles. The van der Waals surface area contributed by atoms with E-state index in [1.54, 1.807) is 0 Å². The molecule has 4 nitrogen and oxygen atoms in total. The van der Waals surface area contributed by atoms with E-state index in [9.17, 15) is 4.79 Å². The highest BCUT2D eigenvalue weighted by Crippen LogP contribution is 2.16. The van der Waals surface area contributed by atoms with Crippen molar-refractivity contribution in [1.82, 2.24) is 15.5 Å². The van der Waals surface area contributed by atoms with Crippen molar-refractivity contribution < 1.29 is 4.79 Å². The van der Waals surface area contributed by atoms with Crippen molar-refractivity contribution in [1.29, 1.82) is 0 Å². The Morgan fingerprint density at radius 1 is 1.27 bits per heavy atom. The second-order valence-electron chi connectivity index (χ2n) is 4.61. The summed E-state index contributed by atoms with van der Waals surface area (Å²) < 4.78 is 0. The van der Waals surface area contributed by atoms with Crippen molar-refractivity contribution in [3.05, 3.63) is 0 Å². The average molecular weight is 211 g/mol. The number of likely N-dealkylation sites (N-methyl/N-ethyl adjacent to an activating group) is 1. The molecular weight excluding hydrogens is 190 g/mol. The van der Waals surface area contributed by atoms with Gasteiger partial charge in [-0.3, -0.25) is 9.69 Å². The summed E-state index contributed by atoms with van der Waals surface area (Å²) in [7, 11) is 2.09. The molecule has 15 heavy (non-hydrogen) atoms. The van der Waals surface area contributed by atoms with Crippen LogP contribution in [0.4, 0.5) is 0 Å². The lowest BCUT2D eigenvalue weighted by atomic mass is 10.1. The Balaban J connectivity index is 1.96. The van der Waals surface area contributed by atoms with E-state index in [4.69, 9.17) is 0 Å².